The Labute approximate surface area is 155 Å². The van der Waals surface area contributed by atoms with Gasteiger partial charge in [0, 0.05) is 12.6 Å². The van der Waals surface area contributed by atoms with Gasteiger partial charge in [-0.25, -0.2) is 0 Å². The molecule has 26 heavy (non-hydrogen) atoms. The quantitative estimate of drug-likeness (QED) is 0.552. The van der Waals surface area contributed by atoms with E-state index in [2.05, 4.69) is 23.5 Å². The van der Waals surface area contributed by atoms with Crippen molar-refractivity contribution in [1.29, 1.82) is 0 Å². The molecule has 5 heteroatoms. The fraction of sp³-hybridized carbons (Fsp3) is 0.333. The van der Waals surface area contributed by atoms with Gasteiger partial charge in [0.2, 0.25) is 0 Å². The number of oxime groups is 1. The monoisotopic (exact) mass is 354 g/mol. The highest BCUT2D eigenvalue weighted by atomic mass is 16.6. The van der Waals surface area contributed by atoms with Gasteiger partial charge in [0.05, 0.1) is 0 Å². The largest absolute Gasteiger partial charge is 0.489 e. The molecule has 1 N–H and O–H groups in total. The lowest BCUT2D eigenvalue weighted by Crippen LogP contribution is -2.29. The maximum atomic E-state index is 12.1. The number of unbranched alkanes of at least 4 members (excludes halogenated alkanes) is 1. The number of para-hydroxylation sites is 1. The molecule has 0 aliphatic carbocycles. The Balaban J connectivity index is 2.24. The number of amides is 1. The number of nitrogens with one attached hydrogen (secondary N) is 1. The number of carbonyl (C=O) groups is 1. The number of rotatable bonds is 9. The lowest BCUT2D eigenvalue weighted by molar-refractivity contribution is -0.114. The first-order valence-electron chi connectivity index (χ1n) is 8.83. The molecule has 5 nitrogen and oxygen atoms in total. The minimum absolute atomic E-state index is 0.230. The van der Waals surface area contributed by atoms with Gasteiger partial charge in [-0.2, -0.15) is 0 Å². The smallest absolute Gasteiger partial charge is 0.273 e. The highest BCUT2D eigenvalue weighted by Crippen LogP contribution is 2.22. The lowest BCUT2D eigenvalue weighted by atomic mass is 10.0. The number of likely N-dealkylation sites (N-methyl/N-ethyl adjacent to an activating group) is 1. The zero-order valence-electron chi connectivity index (χ0n) is 15.6. The second kappa shape index (κ2) is 10.2. The molecule has 0 spiro atoms. The first-order valence-corrected chi connectivity index (χ1v) is 8.83. The van der Waals surface area contributed by atoms with Gasteiger partial charge in [0.1, 0.15) is 19.5 Å². The normalized spacial score (nSPS) is 11.1. The van der Waals surface area contributed by atoms with Gasteiger partial charge in [-0.3, -0.25) is 4.79 Å². The molecule has 0 bridgehead atoms. The van der Waals surface area contributed by atoms with Crippen LogP contribution in [0.5, 0.6) is 5.75 Å². The Morgan fingerprint density at radius 3 is 2.46 bits per heavy atom. The van der Waals surface area contributed by atoms with Crippen molar-refractivity contribution in [2.24, 2.45) is 5.16 Å². The fourth-order valence-corrected chi connectivity index (χ4v) is 2.67. The van der Waals surface area contributed by atoms with E-state index in [0.717, 1.165) is 30.6 Å². The molecule has 0 unspecified atom stereocenters. The summed E-state index contributed by atoms with van der Waals surface area (Å²) in [4.78, 5) is 17.0. The summed E-state index contributed by atoms with van der Waals surface area (Å²) >= 11 is 0. The third-order valence-corrected chi connectivity index (χ3v) is 4.05. The molecule has 2 aromatic rings. The second-order valence-corrected chi connectivity index (χ2v) is 5.86. The molecule has 0 saturated carbocycles. The Bertz CT molecular complexity index is 756. The molecule has 138 valence electrons. The average molecular weight is 354 g/mol. The van der Waals surface area contributed by atoms with Gasteiger partial charge in [0.15, 0.2) is 5.71 Å². The van der Waals surface area contributed by atoms with E-state index >= 15 is 0 Å². The van der Waals surface area contributed by atoms with Crippen molar-refractivity contribution in [1.82, 2.24) is 5.32 Å². The molecule has 0 aliphatic heterocycles. The fourth-order valence-electron chi connectivity index (χ4n) is 2.67. The van der Waals surface area contributed by atoms with Crippen molar-refractivity contribution in [2.75, 3.05) is 14.2 Å². The zero-order chi connectivity index (χ0) is 18.8. The molecular weight excluding hydrogens is 328 g/mol. The highest BCUT2D eigenvalue weighted by molar-refractivity contribution is 6.45. The summed E-state index contributed by atoms with van der Waals surface area (Å²) in [5, 5.41) is 6.48. The predicted molar refractivity (Wildman–Crippen MR) is 103 cm³/mol. The van der Waals surface area contributed by atoms with E-state index in [1.807, 2.05) is 42.5 Å². The number of nitrogens with zero attached hydrogens (tertiary/aromatic N) is 1. The first kappa shape index (κ1) is 19.5. The summed E-state index contributed by atoms with van der Waals surface area (Å²) in [6.45, 7) is 2.52. The third-order valence-electron chi connectivity index (χ3n) is 4.05. The van der Waals surface area contributed by atoms with E-state index in [4.69, 9.17) is 9.57 Å². The van der Waals surface area contributed by atoms with Crippen LogP contribution in [0, 0.1) is 0 Å². The van der Waals surface area contributed by atoms with Gasteiger partial charge in [-0.05, 0) is 30.0 Å². The Kier molecular flexibility index (Phi) is 7.68. The van der Waals surface area contributed by atoms with Crippen LogP contribution in [0.1, 0.15) is 36.5 Å². The number of hydrogen-bond donors (Lipinski definition) is 1. The Morgan fingerprint density at radius 1 is 1.08 bits per heavy atom. The van der Waals surface area contributed by atoms with Crippen molar-refractivity contribution < 1.29 is 14.4 Å². The molecule has 0 saturated heterocycles. The number of carbonyl (C=O) groups excluding carboxylic acids is 1. The zero-order valence-corrected chi connectivity index (χ0v) is 15.6. The maximum Gasteiger partial charge on any atom is 0.273 e. The van der Waals surface area contributed by atoms with Crippen molar-refractivity contribution in [3.63, 3.8) is 0 Å². The summed E-state index contributed by atoms with van der Waals surface area (Å²) in [5.41, 5.74) is 2.99. The number of ether oxygens (including phenoxy) is 1. The van der Waals surface area contributed by atoms with Crippen LogP contribution in [0.4, 0.5) is 0 Å². The Morgan fingerprint density at radius 2 is 1.77 bits per heavy atom. The summed E-state index contributed by atoms with van der Waals surface area (Å²) in [5.74, 6) is 0.573. The van der Waals surface area contributed by atoms with Crippen LogP contribution in [-0.4, -0.2) is 25.8 Å². The number of aryl methyl sites for hydroxylation is 1. The molecule has 0 aromatic heterocycles. The van der Waals surface area contributed by atoms with Gasteiger partial charge >= 0.3 is 0 Å². The second-order valence-electron chi connectivity index (χ2n) is 5.86. The SMILES string of the molecule is CCCCc1ccccc1OCc1ccccc1C(=NOC)C(=O)NC. The van der Waals surface area contributed by atoms with E-state index < -0.39 is 0 Å². The van der Waals surface area contributed by atoms with Gasteiger partial charge in [0.25, 0.3) is 5.91 Å². The minimum Gasteiger partial charge on any atom is -0.489 e. The van der Waals surface area contributed by atoms with Crippen molar-refractivity contribution >= 4 is 11.6 Å². The van der Waals surface area contributed by atoms with Gasteiger partial charge in [-0.1, -0.05) is 61.0 Å². The molecule has 0 fully saturated rings. The Hall–Kier alpha value is -2.82. The molecule has 0 aliphatic rings. The summed E-state index contributed by atoms with van der Waals surface area (Å²) < 4.78 is 6.08. The third kappa shape index (κ3) is 5.09. The van der Waals surface area contributed by atoms with E-state index in [-0.39, 0.29) is 11.6 Å². The molecule has 2 rings (SSSR count). The molecule has 0 radical (unpaired) electrons. The van der Waals surface area contributed by atoms with Crippen molar-refractivity contribution in [3.8, 4) is 5.75 Å². The van der Waals surface area contributed by atoms with Crippen LogP contribution in [-0.2, 0) is 22.7 Å². The molecule has 1 amide bonds. The van der Waals surface area contributed by atoms with Crippen LogP contribution in [0.3, 0.4) is 0 Å². The van der Waals surface area contributed by atoms with E-state index in [0.29, 0.717) is 12.2 Å². The van der Waals surface area contributed by atoms with Crippen molar-refractivity contribution in [3.05, 3.63) is 65.2 Å². The molecule has 2 aromatic carbocycles. The van der Waals surface area contributed by atoms with E-state index in [1.165, 1.54) is 12.7 Å². The average Bonchev–Trinajstić information content (AvgIpc) is 2.69. The van der Waals surface area contributed by atoms with Gasteiger partial charge in [-0.15, -0.1) is 0 Å². The molecular formula is C21H26N2O3. The maximum absolute atomic E-state index is 12.1. The minimum atomic E-state index is -0.303. The van der Waals surface area contributed by atoms with Crippen molar-refractivity contribution in [2.45, 2.75) is 32.8 Å². The predicted octanol–water partition coefficient (Wildman–Crippen LogP) is 3.70. The summed E-state index contributed by atoms with van der Waals surface area (Å²) in [6, 6.07) is 15.6. The molecule has 0 heterocycles. The number of benzene rings is 2. The first-order chi connectivity index (χ1) is 12.7. The standard InChI is InChI=1S/C21H26N2O3/c1-4-5-10-16-11-7-9-14-19(16)26-15-17-12-6-8-13-18(17)20(23-25-3)21(24)22-2/h6-9,11-14H,4-5,10,15H2,1-3H3,(H,22,24). The van der Waals surface area contributed by atoms with E-state index in [9.17, 15) is 4.79 Å². The van der Waals surface area contributed by atoms with E-state index in [1.54, 1.807) is 7.05 Å². The number of hydrogen-bond acceptors (Lipinski definition) is 4. The molecule has 0 atom stereocenters. The van der Waals surface area contributed by atoms with Crippen LogP contribution in [0.15, 0.2) is 53.7 Å². The van der Waals surface area contributed by atoms with Crippen LogP contribution in [0.2, 0.25) is 0 Å². The van der Waals surface area contributed by atoms with Crippen LogP contribution in [0.25, 0.3) is 0 Å². The summed E-state index contributed by atoms with van der Waals surface area (Å²) in [6.07, 6.45) is 3.25. The van der Waals surface area contributed by atoms with Gasteiger partial charge < -0.3 is 14.9 Å². The summed E-state index contributed by atoms with van der Waals surface area (Å²) in [7, 11) is 2.99. The lowest BCUT2D eigenvalue weighted by Gasteiger charge is -2.14. The highest BCUT2D eigenvalue weighted by Gasteiger charge is 2.17. The topological polar surface area (TPSA) is 59.9 Å². The van der Waals surface area contributed by atoms with Crippen LogP contribution >= 0.6 is 0 Å². The van der Waals surface area contributed by atoms with Crippen LogP contribution < -0.4 is 10.1 Å².